The summed E-state index contributed by atoms with van der Waals surface area (Å²) >= 11 is 0. The first-order chi connectivity index (χ1) is 12.5. The van der Waals surface area contributed by atoms with E-state index in [9.17, 15) is 14.4 Å². The second-order valence-corrected chi connectivity index (χ2v) is 6.20. The van der Waals surface area contributed by atoms with Crippen LogP contribution in [0.2, 0.25) is 0 Å². The van der Waals surface area contributed by atoms with Gasteiger partial charge in [0.2, 0.25) is 5.91 Å². The van der Waals surface area contributed by atoms with Crippen LogP contribution in [-0.4, -0.2) is 36.3 Å². The third-order valence-corrected chi connectivity index (χ3v) is 4.28. The molecule has 0 aromatic heterocycles. The van der Waals surface area contributed by atoms with Gasteiger partial charge < -0.3 is 10.1 Å². The Morgan fingerprint density at radius 1 is 1.08 bits per heavy atom. The normalized spacial score (nSPS) is 13.1. The number of hydrogen-bond donors (Lipinski definition) is 1. The molecule has 0 radical (unpaired) electrons. The molecule has 26 heavy (non-hydrogen) atoms. The molecule has 0 saturated carbocycles. The number of nitrogens with zero attached hydrogens (tertiary/aromatic N) is 1. The van der Waals surface area contributed by atoms with Crippen molar-refractivity contribution in [1.82, 2.24) is 4.90 Å². The number of carbonyl (C=O) groups excluding carboxylic acids is 3. The highest BCUT2D eigenvalue weighted by Crippen LogP contribution is 2.24. The predicted octanol–water partition coefficient (Wildman–Crippen LogP) is 2.77. The van der Waals surface area contributed by atoms with Gasteiger partial charge in [-0.05, 0) is 25.1 Å². The zero-order valence-corrected chi connectivity index (χ0v) is 14.7. The van der Waals surface area contributed by atoms with Crippen molar-refractivity contribution in [1.29, 1.82) is 0 Å². The number of anilines is 1. The number of para-hydroxylation sites is 1. The Morgan fingerprint density at radius 3 is 2.58 bits per heavy atom. The molecular weight excluding hydrogens is 332 g/mol. The van der Waals surface area contributed by atoms with E-state index in [0.29, 0.717) is 23.4 Å². The third-order valence-electron chi connectivity index (χ3n) is 4.28. The minimum absolute atomic E-state index is 0.0335. The van der Waals surface area contributed by atoms with Crippen LogP contribution >= 0.6 is 0 Å². The summed E-state index contributed by atoms with van der Waals surface area (Å²) in [5.74, 6) is -0.958. The maximum Gasteiger partial charge on any atom is 0.261 e. The fourth-order valence-corrected chi connectivity index (χ4v) is 2.96. The highest BCUT2D eigenvalue weighted by atomic mass is 16.5. The van der Waals surface area contributed by atoms with Gasteiger partial charge in [-0.15, -0.1) is 0 Å². The number of imide groups is 1. The van der Waals surface area contributed by atoms with Crippen molar-refractivity contribution in [2.75, 3.05) is 19.0 Å². The summed E-state index contributed by atoms with van der Waals surface area (Å²) in [7, 11) is 1.59. The van der Waals surface area contributed by atoms with Crippen LogP contribution < -0.4 is 5.32 Å². The Balaban J connectivity index is 1.64. The molecule has 0 saturated heterocycles. The molecule has 0 atom stereocenters. The largest absolute Gasteiger partial charge is 0.380 e. The van der Waals surface area contributed by atoms with Gasteiger partial charge in [0.1, 0.15) is 0 Å². The van der Waals surface area contributed by atoms with E-state index in [2.05, 4.69) is 5.32 Å². The van der Waals surface area contributed by atoms with Gasteiger partial charge in [0.15, 0.2) is 0 Å². The molecule has 1 heterocycles. The number of ether oxygens (including phenoxy) is 1. The van der Waals surface area contributed by atoms with Crippen molar-refractivity contribution in [3.63, 3.8) is 0 Å². The number of benzene rings is 2. The first kappa shape index (κ1) is 17.8. The summed E-state index contributed by atoms with van der Waals surface area (Å²) in [5, 5.41) is 2.81. The Hall–Kier alpha value is -2.99. The number of rotatable bonds is 6. The standard InChI is InChI=1S/C20H20N2O4/c1-13-7-8-15-16(11-13)20(25)22(19(15)24)10-9-18(23)21-17-6-4-3-5-14(17)12-26-2/h3-8,11H,9-10,12H2,1-2H3,(H,21,23). The monoisotopic (exact) mass is 352 g/mol. The van der Waals surface area contributed by atoms with Crippen molar-refractivity contribution < 1.29 is 19.1 Å². The van der Waals surface area contributed by atoms with E-state index < -0.39 is 0 Å². The lowest BCUT2D eigenvalue weighted by Gasteiger charge is -2.14. The zero-order valence-electron chi connectivity index (χ0n) is 14.7. The first-order valence-corrected chi connectivity index (χ1v) is 8.35. The molecule has 0 spiro atoms. The Bertz CT molecular complexity index is 876. The van der Waals surface area contributed by atoms with Gasteiger partial charge >= 0.3 is 0 Å². The van der Waals surface area contributed by atoms with Crippen molar-refractivity contribution in [2.24, 2.45) is 0 Å². The van der Waals surface area contributed by atoms with Crippen LogP contribution in [-0.2, 0) is 16.1 Å². The molecule has 6 heteroatoms. The smallest absolute Gasteiger partial charge is 0.261 e. The molecule has 2 aromatic rings. The van der Waals surface area contributed by atoms with Gasteiger partial charge in [0, 0.05) is 31.3 Å². The van der Waals surface area contributed by atoms with Crippen LogP contribution in [0.1, 0.15) is 38.3 Å². The Labute approximate surface area is 151 Å². The van der Waals surface area contributed by atoms with Gasteiger partial charge in [-0.1, -0.05) is 29.8 Å². The van der Waals surface area contributed by atoms with Crippen LogP contribution in [0.5, 0.6) is 0 Å². The number of nitrogens with one attached hydrogen (secondary N) is 1. The second-order valence-electron chi connectivity index (χ2n) is 6.20. The van der Waals surface area contributed by atoms with Crippen LogP contribution in [0, 0.1) is 6.92 Å². The summed E-state index contributed by atoms with van der Waals surface area (Å²) in [6.07, 6.45) is 0.0335. The number of carbonyl (C=O) groups is 3. The number of methoxy groups -OCH3 is 1. The molecule has 0 unspecified atom stereocenters. The lowest BCUT2D eigenvalue weighted by atomic mass is 10.1. The quantitative estimate of drug-likeness (QED) is 0.811. The lowest BCUT2D eigenvalue weighted by molar-refractivity contribution is -0.116. The van der Waals surface area contributed by atoms with Crippen LogP contribution in [0.4, 0.5) is 5.69 Å². The first-order valence-electron chi connectivity index (χ1n) is 8.35. The summed E-state index contributed by atoms with van der Waals surface area (Å²) in [6.45, 7) is 2.30. The molecule has 0 fully saturated rings. The lowest BCUT2D eigenvalue weighted by Crippen LogP contribution is -2.33. The summed E-state index contributed by atoms with van der Waals surface area (Å²) in [5.41, 5.74) is 3.24. The molecule has 1 aliphatic rings. The van der Waals surface area contributed by atoms with Crippen LogP contribution in [0.25, 0.3) is 0 Å². The topological polar surface area (TPSA) is 75.7 Å². The highest BCUT2D eigenvalue weighted by Gasteiger charge is 2.35. The van der Waals surface area contributed by atoms with Gasteiger partial charge in [0.25, 0.3) is 11.8 Å². The number of aryl methyl sites for hydroxylation is 1. The fraction of sp³-hybridized carbons (Fsp3) is 0.250. The number of fused-ring (bicyclic) bond motifs is 1. The van der Waals surface area contributed by atoms with E-state index in [0.717, 1.165) is 16.0 Å². The van der Waals surface area contributed by atoms with Crippen molar-refractivity contribution >= 4 is 23.4 Å². The Morgan fingerprint density at radius 2 is 1.81 bits per heavy atom. The van der Waals surface area contributed by atoms with Gasteiger partial charge in [-0.25, -0.2) is 0 Å². The molecular formula is C20H20N2O4. The van der Waals surface area contributed by atoms with E-state index in [1.807, 2.05) is 25.1 Å². The Kier molecular flexibility index (Phi) is 5.14. The van der Waals surface area contributed by atoms with Crippen LogP contribution in [0.15, 0.2) is 42.5 Å². The average Bonchev–Trinajstić information content (AvgIpc) is 2.85. The second kappa shape index (κ2) is 7.49. The number of amides is 3. The summed E-state index contributed by atoms with van der Waals surface area (Å²) in [6, 6.07) is 12.5. The molecule has 0 bridgehead atoms. The molecule has 6 nitrogen and oxygen atoms in total. The van der Waals surface area contributed by atoms with E-state index in [1.54, 1.807) is 31.4 Å². The minimum Gasteiger partial charge on any atom is -0.380 e. The third kappa shape index (κ3) is 3.50. The van der Waals surface area contributed by atoms with Crippen molar-refractivity contribution in [2.45, 2.75) is 20.0 Å². The molecule has 2 aromatic carbocycles. The van der Waals surface area contributed by atoms with E-state index in [-0.39, 0.29) is 30.7 Å². The van der Waals surface area contributed by atoms with E-state index in [4.69, 9.17) is 4.74 Å². The van der Waals surface area contributed by atoms with E-state index in [1.165, 1.54) is 0 Å². The summed E-state index contributed by atoms with van der Waals surface area (Å²) < 4.78 is 5.12. The molecule has 3 amide bonds. The van der Waals surface area contributed by atoms with Gasteiger partial charge in [0.05, 0.1) is 17.7 Å². The molecule has 3 rings (SSSR count). The van der Waals surface area contributed by atoms with Crippen LogP contribution in [0.3, 0.4) is 0 Å². The van der Waals surface area contributed by atoms with Crippen molar-refractivity contribution in [3.05, 3.63) is 64.7 Å². The molecule has 134 valence electrons. The van der Waals surface area contributed by atoms with E-state index >= 15 is 0 Å². The maximum absolute atomic E-state index is 12.4. The summed E-state index contributed by atoms with van der Waals surface area (Å²) in [4.78, 5) is 38.2. The molecule has 1 N–H and O–H groups in total. The molecule has 1 aliphatic heterocycles. The average molecular weight is 352 g/mol. The van der Waals surface area contributed by atoms with Gasteiger partial charge in [-0.3, -0.25) is 19.3 Å². The van der Waals surface area contributed by atoms with Gasteiger partial charge in [-0.2, -0.15) is 0 Å². The SMILES string of the molecule is COCc1ccccc1NC(=O)CCN1C(=O)c2ccc(C)cc2C1=O. The zero-order chi connectivity index (χ0) is 18.7. The number of hydrogen-bond acceptors (Lipinski definition) is 4. The minimum atomic E-state index is -0.349. The predicted molar refractivity (Wildman–Crippen MR) is 96.9 cm³/mol. The fourth-order valence-electron chi connectivity index (χ4n) is 2.96. The van der Waals surface area contributed by atoms with Crippen molar-refractivity contribution in [3.8, 4) is 0 Å². The highest BCUT2D eigenvalue weighted by molar-refractivity contribution is 6.21. The maximum atomic E-state index is 12.4. The molecule has 0 aliphatic carbocycles.